The van der Waals surface area contributed by atoms with Gasteiger partial charge in [0, 0.05) is 19.3 Å². The van der Waals surface area contributed by atoms with Crippen molar-refractivity contribution in [3.8, 4) is 6.07 Å². The van der Waals surface area contributed by atoms with Gasteiger partial charge in [0.05, 0.1) is 23.0 Å². The number of carbonyl (C=O) groups is 1. The van der Waals surface area contributed by atoms with Crippen LogP contribution in [0, 0.1) is 11.3 Å². The van der Waals surface area contributed by atoms with Gasteiger partial charge in [-0.3, -0.25) is 4.98 Å². The maximum Gasteiger partial charge on any atom is 0.335 e. The Bertz CT molecular complexity index is 734. The average molecular weight is 265 g/mol. The zero-order valence-electron chi connectivity index (χ0n) is 10.6. The van der Waals surface area contributed by atoms with E-state index in [9.17, 15) is 4.79 Å². The number of nitrogens with zero attached hydrogens (tertiary/aromatic N) is 3. The first-order valence-electron chi connectivity index (χ1n) is 6.13. The first-order chi connectivity index (χ1) is 9.69. The van der Waals surface area contributed by atoms with Gasteiger partial charge in [-0.15, -0.1) is 0 Å². The van der Waals surface area contributed by atoms with Gasteiger partial charge in [0.25, 0.3) is 0 Å². The zero-order valence-corrected chi connectivity index (χ0v) is 10.6. The topological polar surface area (TPSA) is 77.2 Å². The predicted octanol–water partition coefficient (Wildman–Crippen LogP) is 2.17. The second kappa shape index (κ2) is 4.67. The highest BCUT2D eigenvalue weighted by Crippen LogP contribution is 2.30. The number of fused-ring (bicyclic) bond motifs is 1. The lowest BCUT2D eigenvalue weighted by molar-refractivity contribution is 0.0697. The summed E-state index contributed by atoms with van der Waals surface area (Å²) in [5.74, 6) is -0.926. The largest absolute Gasteiger partial charge is 0.478 e. The lowest BCUT2D eigenvalue weighted by Gasteiger charge is -2.18. The van der Waals surface area contributed by atoms with Crippen LogP contribution >= 0.6 is 0 Å². The molecular formula is C15H11N3O2. The highest BCUT2D eigenvalue weighted by molar-refractivity contribution is 5.88. The van der Waals surface area contributed by atoms with Crippen LogP contribution in [0.15, 0.2) is 36.7 Å². The van der Waals surface area contributed by atoms with Gasteiger partial charge in [-0.25, -0.2) is 4.79 Å². The molecule has 0 bridgehead atoms. The smallest absolute Gasteiger partial charge is 0.335 e. The maximum atomic E-state index is 11.0. The Balaban J connectivity index is 1.94. The lowest BCUT2D eigenvalue weighted by atomic mass is 10.1. The average Bonchev–Trinajstić information content (AvgIpc) is 2.89. The second-order valence-electron chi connectivity index (χ2n) is 4.65. The first-order valence-corrected chi connectivity index (χ1v) is 6.13. The monoisotopic (exact) mass is 265 g/mol. The molecule has 0 spiro atoms. The van der Waals surface area contributed by atoms with Crippen molar-refractivity contribution in [2.24, 2.45) is 0 Å². The van der Waals surface area contributed by atoms with Crippen LogP contribution in [0.25, 0.3) is 0 Å². The number of benzene rings is 1. The number of carboxylic acids is 1. The summed E-state index contributed by atoms with van der Waals surface area (Å²) in [6, 6.07) is 8.97. The van der Waals surface area contributed by atoms with Crippen molar-refractivity contribution in [1.82, 2.24) is 4.98 Å². The molecule has 0 atom stereocenters. The van der Waals surface area contributed by atoms with E-state index in [1.807, 2.05) is 11.0 Å². The van der Waals surface area contributed by atoms with E-state index in [1.54, 1.807) is 30.6 Å². The molecule has 0 amide bonds. The fourth-order valence-electron chi connectivity index (χ4n) is 2.43. The van der Waals surface area contributed by atoms with Crippen LogP contribution in [0.4, 0.5) is 5.69 Å². The molecule has 1 aromatic carbocycles. The van der Waals surface area contributed by atoms with Crippen LogP contribution in [0.3, 0.4) is 0 Å². The third-order valence-corrected chi connectivity index (χ3v) is 3.44. The fourth-order valence-corrected chi connectivity index (χ4v) is 2.43. The number of hydrogen-bond acceptors (Lipinski definition) is 4. The molecule has 1 aliphatic heterocycles. The molecule has 0 saturated heterocycles. The Morgan fingerprint density at radius 1 is 1.30 bits per heavy atom. The Morgan fingerprint density at radius 3 is 2.85 bits per heavy atom. The molecule has 0 saturated carbocycles. The standard InChI is InChI=1S/C15H11N3O2/c16-6-11-3-4-17-7-14(11)18-8-12-2-1-10(15(19)20)5-13(12)9-18/h1-5,7H,8-9H2,(H,19,20). The van der Waals surface area contributed by atoms with E-state index in [4.69, 9.17) is 10.4 Å². The normalized spacial score (nSPS) is 12.8. The summed E-state index contributed by atoms with van der Waals surface area (Å²) < 4.78 is 0. The quantitative estimate of drug-likeness (QED) is 0.900. The molecule has 0 radical (unpaired) electrons. The Morgan fingerprint density at radius 2 is 2.10 bits per heavy atom. The van der Waals surface area contributed by atoms with Gasteiger partial charge in [0.15, 0.2) is 0 Å². The molecule has 1 aliphatic rings. The molecule has 1 aromatic heterocycles. The number of hydrogen-bond donors (Lipinski definition) is 1. The van der Waals surface area contributed by atoms with Crippen molar-refractivity contribution in [2.75, 3.05) is 4.90 Å². The Kier molecular flexibility index (Phi) is 2.84. The van der Waals surface area contributed by atoms with Gasteiger partial charge in [0.1, 0.15) is 6.07 Å². The highest BCUT2D eigenvalue weighted by Gasteiger charge is 2.22. The van der Waals surface area contributed by atoms with Gasteiger partial charge in [-0.05, 0) is 29.3 Å². The summed E-state index contributed by atoms with van der Waals surface area (Å²) >= 11 is 0. The molecular weight excluding hydrogens is 254 g/mol. The van der Waals surface area contributed by atoms with E-state index in [0.29, 0.717) is 18.7 Å². The summed E-state index contributed by atoms with van der Waals surface area (Å²) in [4.78, 5) is 17.1. The van der Waals surface area contributed by atoms with Gasteiger partial charge < -0.3 is 10.0 Å². The van der Waals surface area contributed by atoms with Crippen LogP contribution in [-0.4, -0.2) is 16.1 Å². The predicted molar refractivity (Wildman–Crippen MR) is 72.2 cm³/mol. The maximum absolute atomic E-state index is 11.0. The number of aromatic nitrogens is 1. The molecule has 98 valence electrons. The van der Waals surface area contributed by atoms with E-state index in [0.717, 1.165) is 16.8 Å². The van der Waals surface area contributed by atoms with Crippen LogP contribution in [-0.2, 0) is 13.1 Å². The van der Waals surface area contributed by atoms with Crippen molar-refractivity contribution < 1.29 is 9.90 Å². The van der Waals surface area contributed by atoms with Gasteiger partial charge in [0.2, 0.25) is 0 Å². The van der Waals surface area contributed by atoms with Gasteiger partial charge >= 0.3 is 5.97 Å². The molecule has 0 unspecified atom stereocenters. The number of pyridine rings is 1. The van der Waals surface area contributed by atoms with E-state index < -0.39 is 5.97 Å². The Labute approximate surface area is 115 Å². The van der Waals surface area contributed by atoms with E-state index in [1.165, 1.54) is 0 Å². The molecule has 2 heterocycles. The van der Waals surface area contributed by atoms with Crippen LogP contribution in [0.1, 0.15) is 27.0 Å². The van der Waals surface area contributed by atoms with Crippen molar-refractivity contribution in [3.63, 3.8) is 0 Å². The first kappa shape index (κ1) is 12.2. The fraction of sp³-hybridized carbons (Fsp3) is 0.133. The third-order valence-electron chi connectivity index (χ3n) is 3.44. The summed E-state index contributed by atoms with van der Waals surface area (Å²) in [5.41, 5.74) is 3.71. The minimum absolute atomic E-state index is 0.289. The zero-order chi connectivity index (χ0) is 14.1. The minimum atomic E-state index is -0.926. The summed E-state index contributed by atoms with van der Waals surface area (Å²) in [6.45, 7) is 1.26. The van der Waals surface area contributed by atoms with Crippen LogP contribution < -0.4 is 4.90 Å². The number of anilines is 1. The molecule has 1 N–H and O–H groups in total. The van der Waals surface area contributed by atoms with Gasteiger partial charge in [-0.2, -0.15) is 5.26 Å². The molecule has 20 heavy (non-hydrogen) atoms. The van der Waals surface area contributed by atoms with Crippen LogP contribution in [0.2, 0.25) is 0 Å². The van der Waals surface area contributed by atoms with Crippen molar-refractivity contribution in [3.05, 3.63) is 58.9 Å². The number of rotatable bonds is 2. The molecule has 3 rings (SSSR count). The number of carboxylic acid groups (broad SMARTS) is 1. The van der Waals surface area contributed by atoms with Crippen molar-refractivity contribution in [2.45, 2.75) is 13.1 Å². The molecule has 2 aromatic rings. The van der Waals surface area contributed by atoms with Crippen LogP contribution in [0.5, 0.6) is 0 Å². The third kappa shape index (κ3) is 1.97. The number of aromatic carboxylic acids is 1. The van der Waals surface area contributed by atoms with Gasteiger partial charge in [-0.1, -0.05) is 6.07 Å². The molecule has 5 heteroatoms. The summed E-state index contributed by atoms with van der Waals surface area (Å²) in [6.07, 6.45) is 3.26. The number of nitriles is 1. The summed E-state index contributed by atoms with van der Waals surface area (Å²) in [5, 5.41) is 18.1. The highest BCUT2D eigenvalue weighted by atomic mass is 16.4. The lowest BCUT2D eigenvalue weighted by Crippen LogP contribution is -2.16. The van der Waals surface area contributed by atoms with Crippen molar-refractivity contribution in [1.29, 1.82) is 5.26 Å². The van der Waals surface area contributed by atoms with E-state index in [2.05, 4.69) is 11.1 Å². The Hall–Kier alpha value is -2.87. The molecule has 0 aliphatic carbocycles. The van der Waals surface area contributed by atoms with E-state index in [-0.39, 0.29) is 5.56 Å². The second-order valence-corrected chi connectivity index (χ2v) is 4.65. The molecule has 0 fully saturated rings. The van der Waals surface area contributed by atoms with E-state index >= 15 is 0 Å². The van der Waals surface area contributed by atoms with Crippen molar-refractivity contribution >= 4 is 11.7 Å². The molecule has 5 nitrogen and oxygen atoms in total. The minimum Gasteiger partial charge on any atom is -0.478 e. The summed E-state index contributed by atoms with van der Waals surface area (Å²) in [7, 11) is 0. The SMILES string of the molecule is N#Cc1ccncc1N1Cc2ccc(C(=O)O)cc2C1.